The standard InChI is InChI=1S/C91H65B2N3S/c1-90(2,3)61-49-83-87-85(52-61)97-84-42-22-20-40-75(84)93(87)77-54-76-79(55-80(77)96(83)89-65(57-27-11-7-12-28-57)36-23-37-66(89)58-29-13-8-14-30-58)94(63-47-48-72-70-33-16-15-31-68(70)69-32-17-18-34-71(69)73(72)53-63)81-50-62-51-82-86(81)92(76)74-39-19-21-41-78(74)95(82)88-64(56-25-9-6-10-26-56)35-24-38-67(88)59-43-45-60(46-44-59)91(62,4)5/h6-55H,1-5H3. The molecule has 0 N–H and O–H groups in total. The maximum absolute atomic E-state index is 2.73. The minimum absolute atomic E-state index is 0.0864. The Bertz CT molecular complexity index is 5750. The van der Waals surface area contributed by atoms with Crippen LogP contribution in [0.2, 0.25) is 0 Å². The highest BCUT2D eigenvalue weighted by molar-refractivity contribution is 8.00. The topological polar surface area (TPSA) is 9.72 Å². The molecule has 21 rings (SSSR count). The summed E-state index contributed by atoms with van der Waals surface area (Å²) in [7, 11) is 0. The van der Waals surface area contributed by atoms with Crippen molar-refractivity contribution in [2.45, 2.75) is 55.2 Å². The zero-order valence-electron chi connectivity index (χ0n) is 54.8. The van der Waals surface area contributed by atoms with E-state index in [4.69, 9.17) is 0 Å². The predicted octanol–water partition coefficient (Wildman–Crippen LogP) is 20.6. The van der Waals surface area contributed by atoms with Gasteiger partial charge in [-0.2, -0.15) is 0 Å². The summed E-state index contributed by atoms with van der Waals surface area (Å²) in [6.45, 7) is 11.7. The van der Waals surface area contributed by atoms with Crippen LogP contribution in [-0.2, 0) is 10.8 Å². The maximum Gasteiger partial charge on any atom is 0.252 e. The molecule has 97 heavy (non-hydrogen) atoms. The molecule has 0 aliphatic carbocycles. The van der Waals surface area contributed by atoms with E-state index in [0.717, 1.165) is 11.4 Å². The van der Waals surface area contributed by atoms with E-state index in [1.165, 1.54) is 176 Å². The van der Waals surface area contributed by atoms with E-state index in [1.807, 2.05) is 11.8 Å². The fourth-order valence-corrected chi connectivity index (χ4v) is 18.5. The molecule has 0 saturated heterocycles. The number of rotatable bonds is 5. The van der Waals surface area contributed by atoms with Gasteiger partial charge in [0.1, 0.15) is 0 Å². The third-order valence-electron chi connectivity index (χ3n) is 22.0. The molecule has 0 aromatic heterocycles. The molecule has 0 amide bonds. The van der Waals surface area contributed by atoms with Crippen LogP contribution in [-0.4, -0.2) is 13.4 Å². The number of fused-ring (bicyclic) bond motifs is 16. The van der Waals surface area contributed by atoms with Crippen LogP contribution in [0.4, 0.5) is 51.2 Å². The van der Waals surface area contributed by atoms with Gasteiger partial charge >= 0.3 is 0 Å². The molecule has 6 heteroatoms. The number of benzene rings is 15. The van der Waals surface area contributed by atoms with E-state index in [0.29, 0.717) is 0 Å². The Kier molecular flexibility index (Phi) is 12.2. The first kappa shape index (κ1) is 56.3. The van der Waals surface area contributed by atoms with Gasteiger partial charge in [0, 0.05) is 77.3 Å². The number of hydrogen-bond acceptors (Lipinski definition) is 4. The van der Waals surface area contributed by atoms with Crippen molar-refractivity contribution >= 4 is 141 Å². The van der Waals surface area contributed by atoms with Gasteiger partial charge in [-0.15, -0.1) is 0 Å². The molecule has 6 aliphatic rings. The first-order chi connectivity index (χ1) is 47.5. The summed E-state index contributed by atoms with van der Waals surface area (Å²) in [5, 5.41) is 7.51. The van der Waals surface area contributed by atoms with Crippen molar-refractivity contribution in [1.29, 1.82) is 0 Å². The van der Waals surface area contributed by atoms with Crippen molar-refractivity contribution < 1.29 is 0 Å². The second kappa shape index (κ2) is 21.0. The van der Waals surface area contributed by atoms with Crippen LogP contribution in [0.25, 0.3) is 76.8 Å². The largest absolute Gasteiger partial charge is 0.311 e. The molecule has 3 nitrogen and oxygen atoms in total. The Balaban J connectivity index is 0.968. The zero-order chi connectivity index (χ0) is 64.6. The summed E-state index contributed by atoms with van der Waals surface area (Å²) >= 11 is 1.94. The fourth-order valence-electron chi connectivity index (χ4n) is 17.3. The normalized spacial score (nSPS) is 14.2. The lowest BCUT2D eigenvalue weighted by molar-refractivity contribution is 0.589. The number of hydrogen-bond donors (Lipinski definition) is 0. The Hall–Kier alpha value is -11.0. The zero-order valence-corrected chi connectivity index (χ0v) is 55.6. The molecule has 0 spiro atoms. The molecule has 6 aliphatic heterocycles. The van der Waals surface area contributed by atoms with Gasteiger partial charge in [0.25, 0.3) is 6.71 Å². The molecule has 0 atom stereocenters. The van der Waals surface area contributed by atoms with Gasteiger partial charge in [-0.05, 0) is 159 Å². The molecule has 456 valence electrons. The minimum atomic E-state index is -0.425. The number of para-hydroxylation sites is 3. The summed E-state index contributed by atoms with van der Waals surface area (Å²) in [5.74, 6) is 0. The van der Waals surface area contributed by atoms with Crippen LogP contribution >= 0.6 is 11.8 Å². The van der Waals surface area contributed by atoms with Crippen LogP contribution in [0.5, 0.6) is 0 Å². The highest BCUT2D eigenvalue weighted by Gasteiger charge is 2.49. The fraction of sp³-hybridized carbons (Fsp3) is 0.0769. The molecule has 4 bridgehead atoms. The average Bonchev–Trinajstić information content (AvgIpc) is 1.09. The van der Waals surface area contributed by atoms with Gasteiger partial charge in [-0.25, -0.2) is 0 Å². The average molecular weight is 1250 g/mol. The van der Waals surface area contributed by atoms with Crippen LogP contribution in [0.3, 0.4) is 0 Å². The molecular formula is C91H65B2N3S. The van der Waals surface area contributed by atoms with Crippen molar-refractivity contribution in [3.8, 4) is 44.5 Å². The van der Waals surface area contributed by atoms with E-state index < -0.39 is 5.41 Å². The molecule has 0 unspecified atom stereocenters. The van der Waals surface area contributed by atoms with Gasteiger partial charge in [-0.3, -0.25) is 0 Å². The molecule has 15 aromatic carbocycles. The van der Waals surface area contributed by atoms with Gasteiger partial charge < -0.3 is 14.7 Å². The van der Waals surface area contributed by atoms with Crippen LogP contribution in [0, 0.1) is 0 Å². The molecule has 0 fully saturated rings. The first-order valence-corrected chi connectivity index (χ1v) is 35.0. The van der Waals surface area contributed by atoms with Gasteiger partial charge in [0.15, 0.2) is 0 Å². The second-order valence-corrected chi connectivity index (χ2v) is 29.7. The first-order valence-electron chi connectivity index (χ1n) is 34.2. The summed E-state index contributed by atoms with van der Waals surface area (Å²) in [5.41, 5.74) is 31.2. The van der Waals surface area contributed by atoms with E-state index >= 15 is 0 Å². The lowest BCUT2D eigenvalue weighted by Crippen LogP contribution is -2.65. The van der Waals surface area contributed by atoms with Gasteiger partial charge in [0.2, 0.25) is 6.71 Å². The molecule has 15 aromatic rings. The van der Waals surface area contributed by atoms with Crippen molar-refractivity contribution in [3.05, 3.63) is 320 Å². The minimum Gasteiger partial charge on any atom is -0.311 e. The third kappa shape index (κ3) is 8.27. The molecule has 0 saturated carbocycles. The smallest absolute Gasteiger partial charge is 0.252 e. The predicted molar refractivity (Wildman–Crippen MR) is 415 cm³/mol. The van der Waals surface area contributed by atoms with E-state index in [1.54, 1.807) is 0 Å². The second-order valence-electron chi connectivity index (χ2n) is 28.7. The SMILES string of the molecule is CC(C)(C)c1cc2c3c(c1)N(c1c(-c4ccccc4)cccc1-c1ccccc1)c1cc4c(cc1B3c1ccccc1S2)B1c2ccccc2N2c3cc(cc(c31)N4c1ccc3c4ccccc4c4ccccc4c3c1)C(C)(C)c1ccc(cc1)-c1cccc(-c3ccccc3)c12. The summed E-state index contributed by atoms with van der Waals surface area (Å²) in [6.07, 6.45) is 0. The highest BCUT2D eigenvalue weighted by Crippen LogP contribution is 2.56. The number of anilines is 9. The summed E-state index contributed by atoms with van der Waals surface area (Å²) < 4.78 is 0. The quantitative estimate of drug-likeness (QED) is 0.125. The van der Waals surface area contributed by atoms with E-state index in [-0.39, 0.29) is 18.8 Å². The monoisotopic (exact) mass is 1250 g/mol. The Morgan fingerprint density at radius 3 is 1.33 bits per heavy atom. The molecule has 6 heterocycles. The number of nitrogens with zero attached hydrogens (tertiary/aromatic N) is 3. The molecule has 0 radical (unpaired) electrons. The third-order valence-corrected chi connectivity index (χ3v) is 23.2. The molecular weight excluding hydrogens is 1190 g/mol. The Morgan fingerprint density at radius 1 is 0.299 bits per heavy atom. The Labute approximate surface area is 572 Å². The maximum atomic E-state index is 2.73. The highest BCUT2D eigenvalue weighted by atomic mass is 32.2. The van der Waals surface area contributed by atoms with Crippen molar-refractivity contribution in [1.82, 2.24) is 0 Å². The summed E-state index contributed by atoms with van der Waals surface area (Å²) in [4.78, 5) is 10.7. The van der Waals surface area contributed by atoms with Crippen LogP contribution in [0.15, 0.2) is 313 Å². The van der Waals surface area contributed by atoms with Crippen LogP contribution in [0.1, 0.15) is 51.3 Å². The van der Waals surface area contributed by atoms with Crippen LogP contribution < -0.4 is 47.5 Å². The lowest BCUT2D eigenvalue weighted by Gasteiger charge is -2.47. The van der Waals surface area contributed by atoms with E-state index in [9.17, 15) is 0 Å². The van der Waals surface area contributed by atoms with Crippen molar-refractivity contribution in [2.24, 2.45) is 0 Å². The van der Waals surface area contributed by atoms with Crippen molar-refractivity contribution in [2.75, 3.05) is 14.7 Å². The van der Waals surface area contributed by atoms with Gasteiger partial charge in [-0.1, -0.05) is 301 Å². The lowest BCUT2D eigenvalue weighted by atomic mass is 9.30. The Morgan fingerprint density at radius 2 is 0.753 bits per heavy atom. The van der Waals surface area contributed by atoms with Crippen molar-refractivity contribution in [3.63, 3.8) is 0 Å². The van der Waals surface area contributed by atoms with E-state index in [2.05, 4.69) is 353 Å². The van der Waals surface area contributed by atoms with Gasteiger partial charge in [0.05, 0.1) is 11.4 Å². The summed E-state index contributed by atoms with van der Waals surface area (Å²) in [6, 6.07) is 117.